The lowest BCUT2D eigenvalue weighted by Gasteiger charge is -2.14. The summed E-state index contributed by atoms with van der Waals surface area (Å²) in [6, 6.07) is 7.33. The standard InChI is InChI=1S/C15H14BrN3O3/c1-3-22-12-5-4-10(16)6-11(12)19-8-9(7-17)13(18)14(19)15(20)21-2/h4-6,8H,3,18H2,1-2H3. The Hall–Kier alpha value is -2.46. The molecule has 0 amide bonds. The molecule has 0 radical (unpaired) electrons. The molecule has 0 aliphatic heterocycles. The summed E-state index contributed by atoms with van der Waals surface area (Å²) in [5, 5.41) is 9.15. The molecule has 0 spiro atoms. The van der Waals surface area contributed by atoms with Gasteiger partial charge in [-0.25, -0.2) is 4.79 Å². The molecule has 114 valence electrons. The van der Waals surface area contributed by atoms with Crippen molar-refractivity contribution in [1.29, 1.82) is 5.26 Å². The van der Waals surface area contributed by atoms with E-state index in [4.69, 9.17) is 20.5 Å². The zero-order chi connectivity index (χ0) is 16.3. The molecule has 0 saturated heterocycles. The molecule has 2 N–H and O–H groups in total. The molecule has 0 saturated carbocycles. The minimum atomic E-state index is -0.624. The topological polar surface area (TPSA) is 90.3 Å². The van der Waals surface area contributed by atoms with Crippen molar-refractivity contribution in [1.82, 2.24) is 4.57 Å². The van der Waals surface area contributed by atoms with Crippen LogP contribution in [0.25, 0.3) is 5.69 Å². The first-order chi connectivity index (χ1) is 10.5. The number of aromatic nitrogens is 1. The molecule has 1 heterocycles. The fourth-order valence-corrected chi connectivity index (χ4v) is 2.41. The van der Waals surface area contributed by atoms with E-state index in [1.165, 1.54) is 17.9 Å². The fraction of sp³-hybridized carbons (Fsp3) is 0.200. The Morgan fingerprint density at radius 3 is 2.82 bits per heavy atom. The number of hydrogen-bond donors (Lipinski definition) is 1. The number of anilines is 1. The van der Waals surface area contributed by atoms with Crippen LogP contribution in [0.15, 0.2) is 28.9 Å². The Bertz CT molecular complexity index is 762. The van der Waals surface area contributed by atoms with Gasteiger partial charge in [0.1, 0.15) is 11.8 Å². The molecule has 22 heavy (non-hydrogen) atoms. The van der Waals surface area contributed by atoms with Gasteiger partial charge in [0, 0.05) is 10.7 Å². The molecular weight excluding hydrogens is 350 g/mol. The van der Waals surface area contributed by atoms with E-state index in [1.54, 1.807) is 12.1 Å². The number of esters is 1. The van der Waals surface area contributed by atoms with Gasteiger partial charge in [0.15, 0.2) is 5.69 Å². The Balaban J connectivity index is 2.75. The summed E-state index contributed by atoms with van der Waals surface area (Å²) < 4.78 is 12.7. The van der Waals surface area contributed by atoms with Crippen molar-refractivity contribution in [2.75, 3.05) is 19.5 Å². The lowest BCUT2D eigenvalue weighted by Crippen LogP contribution is -2.12. The number of nitriles is 1. The summed E-state index contributed by atoms with van der Waals surface area (Å²) in [6.45, 7) is 2.32. The fourth-order valence-electron chi connectivity index (χ4n) is 2.06. The Labute approximate surface area is 136 Å². The van der Waals surface area contributed by atoms with Crippen LogP contribution in [0.1, 0.15) is 23.0 Å². The van der Waals surface area contributed by atoms with Gasteiger partial charge in [-0.2, -0.15) is 5.26 Å². The van der Waals surface area contributed by atoms with E-state index in [0.29, 0.717) is 18.0 Å². The second-order valence-corrected chi connectivity index (χ2v) is 5.24. The summed E-state index contributed by atoms with van der Waals surface area (Å²) in [4.78, 5) is 12.0. The van der Waals surface area contributed by atoms with Crippen molar-refractivity contribution >= 4 is 27.6 Å². The molecule has 2 rings (SSSR count). The number of nitrogens with zero attached hydrogens (tertiary/aromatic N) is 2. The van der Waals surface area contributed by atoms with Crippen LogP contribution >= 0.6 is 15.9 Å². The van der Waals surface area contributed by atoms with Gasteiger partial charge in [-0.15, -0.1) is 0 Å². The largest absolute Gasteiger partial charge is 0.492 e. The quantitative estimate of drug-likeness (QED) is 0.843. The van der Waals surface area contributed by atoms with Gasteiger partial charge >= 0.3 is 5.97 Å². The molecule has 2 aromatic rings. The molecule has 0 aliphatic rings. The predicted molar refractivity (Wildman–Crippen MR) is 85.1 cm³/mol. The van der Waals surface area contributed by atoms with Gasteiger partial charge in [-0.3, -0.25) is 0 Å². The number of benzene rings is 1. The minimum Gasteiger partial charge on any atom is -0.492 e. The van der Waals surface area contributed by atoms with Crippen LogP contribution in [-0.2, 0) is 4.74 Å². The summed E-state index contributed by atoms with van der Waals surface area (Å²) in [5.41, 5.74) is 6.85. The lowest BCUT2D eigenvalue weighted by atomic mass is 10.2. The zero-order valence-electron chi connectivity index (χ0n) is 12.1. The van der Waals surface area contributed by atoms with Crippen molar-refractivity contribution in [3.8, 4) is 17.5 Å². The summed E-state index contributed by atoms with van der Waals surface area (Å²) in [5.74, 6) is -0.0585. The molecule has 1 aromatic carbocycles. The number of carbonyl (C=O) groups excluding carboxylic acids is 1. The first-order valence-corrected chi connectivity index (χ1v) is 7.24. The Kier molecular flexibility index (Phi) is 4.73. The van der Waals surface area contributed by atoms with E-state index in [9.17, 15) is 4.79 Å². The first kappa shape index (κ1) is 15.9. The number of rotatable bonds is 4. The molecular formula is C15H14BrN3O3. The average molecular weight is 364 g/mol. The molecule has 7 heteroatoms. The maximum Gasteiger partial charge on any atom is 0.357 e. The van der Waals surface area contributed by atoms with Crippen LogP contribution in [0.4, 0.5) is 5.69 Å². The molecule has 0 unspecified atom stereocenters. The number of carbonyl (C=O) groups is 1. The number of halogens is 1. The highest BCUT2D eigenvalue weighted by Crippen LogP contribution is 2.32. The second kappa shape index (κ2) is 6.54. The second-order valence-electron chi connectivity index (χ2n) is 4.32. The van der Waals surface area contributed by atoms with Gasteiger partial charge < -0.3 is 19.8 Å². The number of methoxy groups -OCH3 is 1. The average Bonchev–Trinajstić information content (AvgIpc) is 2.85. The van der Waals surface area contributed by atoms with Crippen molar-refractivity contribution in [2.24, 2.45) is 0 Å². The van der Waals surface area contributed by atoms with E-state index in [-0.39, 0.29) is 16.9 Å². The number of ether oxygens (including phenoxy) is 2. The zero-order valence-corrected chi connectivity index (χ0v) is 13.7. The van der Waals surface area contributed by atoms with Crippen LogP contribution < -0.4 is 10.5 Å². The normalized spacial score (nSPS) is 10.1. The predicted octanol–water partition coefficient (Wildman–Crippen LogP) is 2.88. The van der Waals surface area contributed by atoms with Crippen molar-refractivity contribution in [3.05, 3.63) is 40.1 Å². The molecule has 0 aliphatic carbocycles. The van der Waals surface area contributed by atoms with Gasteiger partial charge in [0.25, 0.3) is 0 Å². The highest BCUT2D eigenvalue weighted by Gasteiger charge is 2.23. The Morgan fingerprint density at radius 1 is 1.50 bits per heavy atom. The summed E-state index contributed by atoms with van der Waals surface area (Å²) >= 11 is 3.38. The first-order valence-electron chi connectivity index (χ1n) is 6.45. The van der Waals surface area contributed by atoms with Crippen molar-refractivity contribution in [2.45, 2.75) is 6.92 Å². The molecule has 0 bridgehead atoms. The molecule has 0 fully saturated rings. The summed E-state index contributed by atoms with van der Waals surface area (Å²) in [7, 11) is 1.26. The molecule has 1 aromatic heterocycles. The van der Waals surface area contributed by atoms with Crippen LogP contribution in [-0.4, -0.2) is 24.3 Å². The van der Waals surface area contributed by atoms with E-state index < -0.39 is 5.97 Å². The van der Waals surface area contributed by atoms with Crippen molar-refractivity contribution < 1.29 is 14.3 Å². The molecule has 6 nitrogen and oxygen atoms in total. The van der Waals surface area contributed by atoms with Crippen LogP contribution in [0.2, 0.25) is 0 Å². The third-order valence-electron chi connectivity index (χ3n) is 3.02. The van der Waals surface area contributed by atoms with E-state index >= 15 is 0 Å². The summed E-state index contributed by atoms with van der Waals surface area (Å²) in [6.07, 6.45) is 1.49. The van der Waals surface area contributed by atoms with Gasteiger partial charge in [-0.05, 0) is 25.1 Å². The van der Waals surface area contributed by atoms with E-state index in [0.717, 1.165) is 4.47 Å². The maximum absolute atomic E-state index is 12.0. The number of nitrogen functional groups attached to an aromatic ring is 1. The van der Waals surface area contributed by atoms with E-state index in [1.807, 2.05) is 19.1 Å². The minimum absolute atomic E-state index is 0.0803. The number of hydrogen-bond acceptors (Lipinski definition) is 5. The van der Waals surface area contributed by atoms with Gasteiger partial charge in [0.2, 0.25) is 0 Å². The van der Waals surface area contributed by atoms with Crippen LogP contribution in [0.5, 0.6) is 5.75 Å². The van der Waals surface area contributed by atoms with Crippen LogP contribution in [0, 0.1) is 11.3 Å². The smallest absolute Gasteiger partial charge is 0.357 e. The monoisotopic (exact) mass is 363 g/mol. The lowest BCUT2D eigenvalue weighted by molar-refractivity contribution is 0.0593. The number of nitrogens with two attached hydrogens (primary N) is 1. The highest BCUT2D eigenvalue weighted by atomic mass is 79.9. The Morgan fingerprint density at radius 2 is 2.23 bits per heavy atom. The van der Waals surface area contributed by atoms with Crippen molar-refractivity contribution in [3.63, 3.8) is 0 Å². The van der Waals surface area contributed by atoms with Gasteiger partial charge in [-0.1, -0.05) is 15.9 Å². The van der Waals surface area contributed by atoms with E-state index in [2.05, 4.69) is 15.9 Å². The highest BCUT2D eigenvalue weighted by molar-refractivity contribution is 9.10. The third kappa shape index (κ3) is 2.78. The molecule has 0 atom stereocenters. The third-order valence-corrected chi connectivity index (χ3v) is 3.52. The van der Waals surface area contributed by atoms with Crippen LogP contribution in [0.3, 0.4) is 0 Å². The SMILES string of the molecule is CCOc1ccc(Br)cc1-n1cc(C#N)c(N)c1C(=O)OC. The maximum atomic E-state index is 12.0. The van der Waals surface area contributed by atoms with Gasteiger partial charge in [0.05, 0.1) is 30.7 Å².